The number of rotatable bonds is 5. The number of para-hydroxylation sites is 3. The van der Waals surface area contributed by atoms with Gasteiger partial charge in [0, 0.05) is 6.20 Å². The minimum Gasteiger partial charge on any atom is -0.506 e. The molecule has 0 saturated carbocycles. The topological polar surface area (TPSA) is 76.4 Å². The quantitative estimate of drug-likeness (QED) is 0.695. The van der Waals surface area contributed by atoms with Gasteiger partial charge in [0.05, 0.1) is 10.7 Å². The van der Waals surface area contributed by atoms with E-state index in [1.807, 2.05) is 0 Å². The summed E-state index contributed by atoms with van der Waals surface area (Å²) in [5.74, 6) is 0.0859. The number of benzene rings is 2. The van der Waals surface area contributed by atoms with Crippen LogP contribution in [0.3, 0.4) is 0 Å². The van der Waals surface area contributed by atoms with Crippen LogP contribution in [0.5, 0.6) is 11.5 Å². The van der Waals surface area contributed by atoms with Crippen molar-refractivity contribution in [3.63, 3.8) is 0 Å². The van der Waals surface area contributed by atoms with Crippen molar-refractivity contribution in [3.8, 4) is 11.5 Å². The van der Waals surface area contributed by atoms with Crippen LogP contribution in [-0.4, -0.2) is 20.8 Å². The van der Waals surface area contributed by atoms with Crippen LogP contribution in [0.15, 0.2) is 60.8 Å². The fourth-order valence-electron chi connectivity index (χ4n) is 2.09. The maximum absolute atomic E-state index is 12.4. The highest BCUT2D eigenvalue weighted by Crippen LogP contribution is 2.24. The van der Waals surface area contributed by atoms with Crippen molar-refractivity contribution in [1.82, 2.24) is 9.78 Å². The Hall–Kier alpha value is -2.99. The molecule has 2 N–H and O–H groups in total. The lowest BCUT2D eigenvalue weighted by Gasteiger charge is -2.11. The van der Waals surface area contributed by atoms with Gasteiger partial charge in [0.2, 0.25) is 0 Å². The van der Waals surface area contributed by atoms with Gasteiger partial charge in [-0.25, -0.2) is 4.68 Å². The highest BCUT2D eigenvalue weighted by atomic mass is 35.5. The van der Waals surface area contributed by atoms with Crippen molar-refractivity contribution in [2.75, 3.05) is 5.32 Å². The third-order valence-corrected chi connectivity index (χ3v) is 3.59. The molecule has 0 atom stereocenters. The number of phenolic OH excluding ortho intramolecular Hbond substituents is 1. The monoisotopic (exact) mass is 343 g/mol. The molecule has 0 spiro atoms. The van der Waals surface area contributed by atoms with E-state index in [4.69, 9.17) is 16.3 Å². The number of aromatic nitrogens is 2. The second-order valence-electron chi connectivity index (χ2n) is 4.89. The van der Waals surface area contributed by atoms with E-state index in [9.17, 15) is 9.90 Å². The molecule has 2 aromatic carbocycles. The minimum absolute atomic E-state index is 0.00997. The number of carbonyl (C=O) groups is 1. The number of aromatic hydroxyl groups is 1. The van der Waals surface area contributed by atoms with Crippen LogP contribution in [-0.2, 0) is 6.73 Å². The molecule has 0 aliphatic carbocycles. The number of carbonyl (C=O) groups excluding carboxylic acids is 1. The van der Waals surface area contributed by atoms with E-state index in [-0.39, 0.29) is 12.5 Å². The molecule has 7 heteroatoms. The summed E-state index contributed by atoms with van der Waals surface area (Å²) in [4.78, 5) is 12.4. The van der Waals surface area contributed by atoms with Gasteiger partial charge in [-0.15, -0.1) is 0 Å². The summed E-state index contributed by atoms with van der Waals surface area (Å²) in [6.07, 6.45) is 1.50. The summed E-state index contributed by atoms with van der Waals surface area (Å²) in [5.41, 5.74) is 0.618. The van der Waals surface area contributed by atoms with Gasteiger partial charge in [-0.2, -0.15) is 5.10 Å². The maximum atomic E-state index is 12.4. The van der Waals surface area contributed by atoms with E-state index in [0.717, 1.165) is 0 Å². The predicted molar refractivity (Wildman–Crippen MR) is 90.4 cm³/mol. The molecule has 122 valence electrons. The van der Waals surface area contributed by atoms with Gasteiger partial charge in [0.15, 0.2) is 6.73 Å². The van der Waals surface area contributed by atoms with Crippen LogP contribution in [0.4, 0.5) is 5.69 Å². The molecule has 0 aliphatic rings. The van der Waals surface area contributed by atoms with E-state index in [0.29, 0.717) is 22.2 Å². The van der Waals surface area contributed by atoms with E-state index in [1.54, 1.807) is 48.5 Å². The molecule has 24 heavy (non-hydrogen) atoms. The van der Waals surface area contributed by atoms with Gasteiger partial charge >= 0.3 is 0 Å². The van der Waals surface area contributed by atoms with Crippen molar-refractivity contribution in [2.24, 2.45) is 0 Å². The van der Waals surface area contributed by atoms with E-state index >= 15 is 0 Å². The second kappa shape index (κ2) is 7.06. The number of ether oxygens (including phenoxy) is 1. The standard InChI is InChI=1S/C17H14ClN3O3/c18-12-5-1-4-8-16(12)24-11-21-14(9-10-19-21)17(23)20-13-6-2-3-7-15(13)22/h1-10,22H,11H2,(H,20,23). The molecular formula is C17H14ClN3O3. The molecule has 0 bridgehead atoms. The van der Waals surface area contributed by atoms with Crippen molar-refractivity contribution >= 4 is 23.2 Å². The number of hydrogen-bond donors (Lipinski definition) is 2. The smallest absolute Gasteiger partial charge is 0.274 e. The zero-order valence-corrected chi connectivity index (χ0v) is 13.3. The number of hydrogen-bond acceptors (Lipinski definition) is 4. The molecule has 1 heterocycles. The Kier molecular flexibility index (Phi) is 4.67. The fourth-order valence-corrected chi connectivity index (χ4v) is 2.28. The number of nitrogens with one attached hydrogen (secondary N) is 1. The first-order valence-corrected chi connectivity index (χ1v) is 7.51. The summed E-state index contributed by atoms with van der Waals surface area (Å²) in [6.45, 7) is 0.0280. The molecular weight excluding hydrogens is 330 g/mol. The SMILES string of the molecule is O=C(Nc1ccccc1O)c1ccnn1COc1ccccc1Cl. The Morgan fingerprint density at radius 3 is 2.71 bits per heavy atom. The lowest BCUT2D eigenvalue weighted by molar-refractivity contribution is 0.100. The third kappa shape index (κ3) is 3.49. The van der Waals surface area contributed by atoms with Crippen molar-refractivity contribution in [2.45, 2.75) is 6.73 Å². The molecule has 0 unspecified atom stereocenters. The third-order valence-electron chi connectivity index (χ3n) is 3.28. The number of amides is 1. The molecule has 3 rings (SSSR count). The summed E-state index contributed by atoms with van der Waals surface area (Å²) >= 11 is 6.03. The molecule has 6 nitrogen and oxygen atoms in total. The predicted octanol–water partition coefficient (Wildman–Crippen LogP) is 3.53. The molecule has 3 aromatic rings. The Morgan fingerprint density at radius 1 is 1.17 bits per heavy atom. The molecule has 1 amide bonds. The lowest BCUT2D eigenvalue weighted by Crippen LogP contribution is -2.19. The molecule has 0 fully saturated rings. The van der Waals surface area contributed by atoms with Crippen molar-refractivity contribution in [3.05, 3.63) is 71.5 Å². The molecule has 0 radical (unpaired) electrons. The van der Waals surface area contributed by atoms with Crippen LogP contribution in [0, 0.1) is 0 Å². The van der Waals surface area contributed by atoms with Gasteiger partial charge in [-0.3, -0.25) is 4.79 Å². The zero-order valence-electron chi connectivity index (χ0n) is 12.5. The van der Waals surface area contributed by atoms with Crippen LogP contribution in [0.2, 0.25) is 5.02 Å². The highest BCUT2D eigenvalue weighted by molar-refractivity contribution is 6.32. The van der Waals surface area contributed by atoms with Crippen molar-refractivity contribution < 1.29 is 14.6 Å². The van der Waals surface area contributed by atoms with Gasteiger partial charge < -0.3 is 15.2 Å². The Morgan fingerprint density at radius 2 is 1.92 bits per heavy atom. The van der Waals surface area contributed by atoms with Crippen molar-refractivity contribution in [1.29, 1.82) is 0 Å². The number of nitrogens with zero attached hydrogens (tertiary/aromatic N) is 2. The first-order valence-electron chi connectivity index (χ1n) is 7.13. The maximum Gasteiger partial charge on any atom is 0.274 e. The van der Waals surface area contributed by atoms with Gasteiger partial charge in [0.1, 0.15) is 17.2 Å². The second-order valence-corrected chi connectivity index (χ2v) is 5.30. The average molecular weight is 344 g/mol. The fraction of sp³-hybridized carbons (Fsp3) is 0.0588. The van der Waals surface area contributed by atoms with Crippen LogP contribution in [0.25, 0.3) is 0 Å². The number of halogens is 1. The average Bonchev–Trinajstić information content (AvgIpc) is 3.05. The lowest BCUT2D eigenvalue weighted by atomic mass is 10.3. The normalized spacial score (nSPS) is 10.4. The van der Waals surface area contributed by atoms with E-state index in [2.05, 4.69) is 10.4 Å². The van der Waals surface area contributed by atoms with Gasteiger partial charge in [-0.1, -0.05) is 35.9 Å². The first-order chi connectivity index (χ1) is 11.6. The van der Waals surface area contributed by atoms with Gasteiger partial charge in [-0.05, 0) is 30.3 Å². The Bertz CT molecular complexity index is 864. The molecule has 0 aliphatic heterocycles. The van der Waals surface area contributed by atoms with Crippen LogP contribution >= 0.6 is 11.6 Å². The first kappa shape index (κ1) is 15.9. The summed E-state index contributed by atoms with van der Waals surface area (Å²) in [5, 5.41) is 16.9. The molecule has 0 saturated heterocycles. The Balaban J connectivity index is 1.72. The summed E-state index contributed by atoms with van der Waals surface area (Å²) in [7, 11) is 0. The van der Waals surface area contributed by atoms with Crippen LogP contribution in [0.1, 0.15) is 10.5 Å². The minimum atomic E-state index is -0.406. The summed E-state index contributed by atoms with van der Waals surface area (Å²) in [6, 6.07) is 15.1. The number of anilines is 1. The highest BCUT2D eigenvalue weighted by Gasteiger charge is 2.14. The Labute approximate surface area is 143 Å². The number of phenols is 1. The molecule has 1 aromatic heterocycles. The largest absolute Gasteiger partial charge is 0.506 e. The summed E-state index contributed by atoms with van der Waals surface area (Å²) < 4.78 is 6.99. The zero-order chi connectivity index (χ0) is 16.9. The van der Waals surface area contributed by atoms with Gasteiger partial charge in [0.25, 0.3) is 5.91 Å². The van der Waals surface area contributed by atoms with Crippen LogP contribution < -0.4 is 10.1 Å². The van der Waals surface area contributed by atoms with E-state index in [1.165, 1.54) is 16.9 Å². The van der Waals surface area contributed by atoms with E-state index < -0.39 is 5.91 Å².